The Bertz CT molecular complexity index is 463. The highest BCUT2D eigenvalue weighted by atomic mass is 16.2. The van der Waals surface area contributed by atoms with E-state index >= 15 is 0 Å². The Kier molecular flexibility index (Phi) is 3.25. The van der Waals surface area contributed by atoms with Crippen LogP contribution in [0.25, 0.3) is 10.4 Å². The molecule has 0 spiro atoms. The van der Waals surface area contributed by atoms with E-state index in [0.29, 0.717) is 25.3 Å². The van der Waals surface area contributed by atoms with Gasteiger partial charge < -0.3 is 0 Å². The highest BCUT2D eigenvalue weighted by molar-refractivity contribution is 5.94. The summed E-state index contributed by atoms with van der Waals surface area (Å²) in [5.74, 6) is 0.810. The zero-order valence-electron chi connectivity index (χ0n) is 9.58. The number of aromatic nitrogens is 1. The predicted octanol–water partition coefficient (Wildman–Crippen LogP) is 2.05. The maximum Gasteiger partial charge on any atom is 0.228 e. The van der Waals surface area contributed by atoms with Crippen LogP contribution in [-0.2, 0) is 4.79 Å². The highest BCUT2D eigenvalue weighted by Crippen LogP contribution is 2.23. The minimum atomic E-state index is 0.0412. The average molecular weight is 231 g/mol. The minimum absolute atomic E-state index is 0.0412. The van der Waals surface area contributed by atoms with Crippen LogP contribution in [0.2, 0.25) is 0 Å². The van der Waals surface area contributed by atoms with Gasteiger partial charge in [-0.25, -0.2) is 4.98 Å². The van der Waals surface area contributed by atoms with Crippen LogP contribution >= 0.6 is 0 Å². The molecule has 88 valence electrons. The van der Waals surface area contributed by atoms with Crippen molar-refractivity contribution < 1.29 is 4.79 Å². The molecule has 1 aromatic heterocycles. The molecule has 17 heavy (non-hydrogen) atoms. The fourth-order valence-electron chi connectivity index (χ4n) is 1.90. The van der Waals surface area contributed by atoms with E-state index in [4.69, 9.17) is 5.53 Å². The lowest BCUT2D eigenvalue weighted by Gasteiger charge is -2.15. The monoisotopic (exact) mass is 231 g/mol. The molecule has 0 aromatic carbocycles. The Balaban J connectivity index is 2.10. The van der Waals surface area contributed by atoms with E-state index in [-0.39, 0.29) is 11.8 Å². The molecule has 0 bridgehead atoms. The van der Waals surface area contributed by atoms with E-state index in [2.05, 4.69) is 15.0 Å². The highest BCUT2D eigenvalue weighted by Gasteiger charge is 2.30. The van der Waals surface area contributed by atoms with Crippen LogP contribution < -0.4 is 4.90 Å². The maximum absolute atomic E-state index is 11.8. The lowest BCUT2D eigenvalue weighted by Crippen LogP contribution is -2.25. The molecular formula is C11H13N5O. The summed E-state index contributed by atoms with van der Waals surface area (Å²) in [6, 6.07) is 3.76. The topological polar surface area (TPSA) is 82.0 Å². The quantitative estimate of drug-likeness (QED) is 0.453. The summed E-state index contributed by atoms with van der Waals surface area (Å²) < 4.78 is 0. The number of hydrogen-bond donors (Lipinski definition) is 0. The third kappa shape index (κ3) is 2.54. The number of carbonyl (C=O) groups excluding carboxylic acids is 1. The van der Waals surface area contributed by atoms with Gasteiger partial charge in [0.2, 0.25) is 5.91 Å². The van der Waals surface area contributed by atoms with Crippen molar-refractivity contribution in [1.29, 1.82) is 0 Å². The Hall–Kier alpha value is -2.07. The van der Waals surface area contributed by atoms with Crippen molar-refractivity contribution in [3.8, 4) is 0 Å². The van der Waals surface area contributed by atoms with Gasteiger partial charge in [0.1, 0.15) is 5.82 Å². The smallest absolute Gasteiger partial charge is 0.228 e. The van der Waals surface area contributed by atoms with Gasteiger partial charge in [0.15, 0.2) is 0 Å². The second-order valence-electron chi connectivity index (χ2n) is 4.18. The lowest BCUT2D eigenvalue weighted by molar-refractivity contribution is -0.117. The zero-order valence-corrected chi connectivity index (χ0v) is 9.58. The Morgan fingerprint density at radius 2 is 2.47 bits per heavy atom. The second kappa shape index (κ2) is 4.84. The van der Waals surface area contributed by atoms with Gasteiger partial charge in [-0.15, -0.1) is 0 Å². The van der Waals surface area contributed by atoms with Crippen molar-refractivity contribution in [2.75, 3.05) is 18.0 Å². The average Bonchev–Trinajstić information content (AvgIpc) is 2.69. The van der Waals surface area contributed by atoms with Crippen LogP contribution in [0.15, 0.2) is 23.4 Å². The number of hydrogen-bond acceptors (Lipinski definition) is 3. The van der Waals surface area contributed by atoms with Crippen LogP contribution in [0.1, 0.15) is 12.0 Å². The van der Waals surface area contributed by atoms with Gasteiger partial charge in [-0.1, -0.05) is 11.2 Å². The lowest BCUT2D eigenvalue weighted by atomic mass is 10.1. The number of pyridine rings is 1. The number of aryl methyl sites for hydroxylation is 1. The molecule has 0 radical (unpaired) electrons. The SMILES string of the molecule is Cc1ccc(N2CC(CN=[N+]=[N-])CC2=O)nc1. The first-order valence-corrected chi connectivity index (χ1v) is 5.44. The molecule has 1 aliphatic rings. The molecule has 1 saturated heterocycles. The molecule has 1 atom stereocenters. The summed E-state index contributed by atoms with van der Waals surface area (Å²) in [7, 11) is 0. The van der Waals surface area contributed by atoms with Gasteiger partial charge in [-0.3, -0.25) is 9.69 Å². The first-order valence-electron chi connectivity index (χ1n) is 5.44. The molecule has 1 unspecified atom stereocenters. The van der Waals surface area contributed by atoms with Gasteiger partial charge >= 0.3 is 0 Å². The number of rotatable bonds is 3. The van der Waals surface area contributed by atoms with Crippen molar-refractivity contribution >= 4 is 11.7 Å². The van der Waals surface area contributed by atoms with Crippen LogP contribution in [0.3, 0.4) is 0 Å². The molecule has 2 rings (SSSR count). The van der Waals surface area contributed by atoms with Gasteiger partial charge in [-0.05, 0) is 30.0 Å². The molecule has 6 heteroatoms. The molecule has 1 aromatic rings. The summed E-state index contributed by atoms with van der Waals surface area (Å²) in [5, 5.41) is 3.51. The first kappa shape index (κ1) is 11.4. The Morgan fingerprint density at radius 1 is 1.65 bits per heavy atom. The molecule has 0 aliphatic carbocycles. The molecule has 0 N–H and O–H groups in total. The van der Waals surface area contributed by atoms with Gasteiger partial charge in [-0.2, -0.15) is 0 Å². The fraction of sp³-hybridized carbons (Fsp3) is 0.455. The van der Waals surface area contributed by atoms with E-state index in [1.54, 1.807) is 11.1 Å². The number of anilines is 1. The van der Waals surface area contributed by atoms with Gasteiger partial charge in [0.25, 0.3) is 0 Å². The summed E-state index contributed by atoms with van der Waals surface area (Å²) in [6.07, 6.45) is 2.16. The molecule has 0 saturated carbocycles. The van der Waals surface area contributed by atoms with Crippen LogP contribution in [0, 0.1) is 12.8 Å². The van der Waals surface area contributed by atoms with E-state index in [1.807, 2.05) is 19.1 Å². The number of carbonyl (C=O) groups is 1. The fourth-order valence-corrected chi connectivity index (χ4v) is 1.90. The van der Waals surface area contributed by atoms with Crippen molar-refractivity contribution in [3.63, 3.8) is 0 Å². The molecule has 6 nitrogen and oxygen atoms in total. The largest absolute Gasteiger partial charge is 0.297 e. The summed E-state index contributed by atoms with van der Waals surface area (Å²) in [4.78, 5) is 20.4. The zero-order chi connectivity index (χ0) is 12.3. The third-order valence-electron chi connectivity index (χ3n) is 2.78. The summed E-state index contributed by atoms with van der Waals surface area (Å²) >= 11 is 0. The molecule has 2 heterocycles. The van der Waals surface area contributed by atoms with E-state index in [1.165, 1.54) is 0 Å². The van der Waals surface area contributed by atoms with Crippen molar-refractivity contribution in [2.45, 2.75) is 13.3 Å². The first-order chi connectivity index (χ1) is 8.20. The molecular weight excluding hydrogens is 218 g/mol. The Morgan fingerprint density at radius 3 is 3.12 bits per heavy atom. The van der Waals surface area contributed by atoms with Crippen LogP contribution in [0.5, 0.6) is 0 Å². The maximum atomic E-state index is 11.8. The van der Waals surface area contributed by atoms with Crippen molar-refractivity contribution in [2.24, 2.45) is 11.0 Å². The second-order valence-corrected chi connectivity index (χ2v) is 4.18. The number of nitrogens with zero attached hydrogens (tertiary/aromatic N) is 5. The predicted molar refractivity (Wildman–Crippen MR) is 63.4 cm³/mol. The van der Waals surface area contributed by atoms with Crippen LogP contribution in [0.4, 0.5) is 5.82 Å². The normalized spacial score (nSPS) is 19.2. The molecule has 1 aliphatic heterocycles. The van der Waals surface area contributed by atoms with Crippen molar-refractivity contribution in [1.82, 2.24) is 4.98 Å². The summed E-state index contributed by atoms with van der Waals surface area (Å²) in [5.41, 5.74) is 9.31. The minimum Gasteiger partial charge on any atom is -0.297 e. The van der Waals surface area contributed by atoms with E-state index in [9.17, 15) is 4.79 Å². The van der Waals surface area contributed by atoms with E-state index < -0.39 is 0 Å². The Labute approximate surface area is 98.9 Å². The summed E-state index contributed by atoms with van der Waals surface area (Å²) in [6.45, 7) is 2.89. The standard InChI is InChI=1S/C11H13N5O/c1-8-2-3-10(13-5-8)16-7-9(4-11(16)17)6-14-15-12/h2-3,5,9H,4,6-7H2,1H3. The molecule has 1 amide bonds. The number of azide groups is 1. The van der Waals surface area contributed by atoms with Gasteiger partial charge in [0, 0.05) is 30.6 Å². The third-order valence-corrected chi connectivity index (χ3v) is 2.78. The van der Waals surface area contributed by atoms with Crippen LogP contribution in [-0.4, -0.2) is 24.0 Å². The van der Waals surface area contributed by atoms with Gasteiger partial charge in [0.05, 0.1) is 0 Å². The van der Waals surface area contributed by atoms with E-state index in [0.717, 1.165) is 5.56 Å². The molecule has 1 fully saturated rings. The van der Waals surface area contributed by atoms with Crippen molar-refractivity contribution in [3.05, 3.63) is 34.3 Å². The number of amides is 1.